The molecule has 0 radical (unpaired) electrons. The summed E-state index contributed by atoms with van der Waals surface area (Å²) in [5, 5.41) is 14.5. The van der Waals surface area contributed by atoms with E-state index in [9.17, 15) is 9.59 Å². The molecule has 0 aromatic heterocycles. The van der Waals surface area contributed by atoms with E-state index in [-0.39, 0.29) is 35.4 Å². The maximum Gasteiger partial charge on any atom is 0.315 e. The number of carbonyl (C=O) groups is 2. The molecule has 1 aliphatic carbocycles. The molecule has 0 bridgehead atoms. The van der Waals surface area contributed by atoms with Gasteiger partial charge in [-0.3, -0.25) is 4.79 Å². The maximum absolute atomic E-state index is 11.8. The van der Waals surface area contributed by atoms with Crippen molar-refractivity contribution in [2.45, 2.75) is 59.5 Å². The number of hydrogen-bond donors (Lipinski definition) is 3. The second-order valence-electron chi connectivity index (χ2n) is 6.88. The molecule has 0 spiro atoms. The van der Waals surface area contributed by atoms with Crippen LogP contribution in [0.15, 0.2) is 0 Å². The number of amides is 2. The lowest BCUT2D eigenvalue weighted by molar-refractivity contribution is -0.138. The molecule has 0 heterocycles. The molecule has 1 saturated carbocycles. The largest absolute Gasteiger partial charge is 0.481 e. The summed E-state index contributed by atoms with van der Waals surface area (Å²) in [6.45, 7) is 9.94. The Kier molecular flexibility index (Phi) is 3.93. The number of aliphatic carboxylic acids is 1. The van der Waals surface area contributed by atoms with E-state index in [0.29, 0.717) is 0 Å². The molecule has 2 atom stereocenters. The number of hydrogen-bond acceptors (Lipinski definition) is 2. The number of urea groups is 1. The van der Waals surface area contributed by atoms with Gasteiger partial charge in [0.05, 0.1) is 6.42 Å². The van der Waals surface area contributed by atoms with Crippen molar-refractivity contribution in [2.75, 3.05) is 0 Å². The first-order valence-electron chi connectivity index (χ1n) is 6.31. The Morgan fingerprint density at radius 1 is 1.39 bits per heavy atom. The van der Waals surface area contributed by atoms with Gasteiger partial charge in [0.15, 0.2) is 0 Å². The molecule has 0 saturated heterocycles. The molecule has 5 heteroatoms. The minimum atomic E-state index is -0.901. The molecule has 104 valence electrons. The molecule has 1 aliphatic rings. The molecule has 18 heavy (non-hydrogen) atoms. The molecule has 0 aliphatic heterocycles. The van der Waals surface area contributed by atoms with Gasteiger partial charge in [0, 0.05) is 12.1 Å². The van der Waals surface area contributed by atoms with Gasteiger partial charge in [-0.15, -0.1) is 0 Å². The van der Waals surface area contributed by atoms with Crippen LogP contribution in [0.1, 0.15) is 47.5 Å². The van der Waals surface area contributed by atoms with E-state index in [1.807, 2.05) is 20.8 Å². The van der Waals surface area contributed by atoms with E-state index in [2.05, 4.69) is 24.5 Å². The maximum atomic E-state index is 11.8. The summed E-state index contributed by atoms with van der Waals surface area (Å²) in [5.41, 5.74) is -0.115. The fourth-order valence-corrected chi connectivity index (χ4v) is 1.82. The molecular formula is C13H24N2O3. The molecule has 0 aromatic rings. The topological polar surface area (TPSA) is 78.4 Å². The van der Waals surface area contributed by atoms with Gasteiger partial charge < -0.3 is 15.7 Å². The average molecular weight is 256 g/mol. The summed E-state index contributed by atoms with van der Waals surface area (Å²) in [7, 11) is 0. The quantitative estimate of drug-likeness (QED) is 0.719. The van der Waals surface area contributed by atoms with Gasteiger partial charge in [0.1, 0.15) is 0 Å². The number of carboxylic acids is 1. The van der Waals surface area contributed by atoms with Crippen LogP contribution in [0.2, 0.25) is 0 Å². The van der Waals surface area contributed by atoms with Gasteiger partial charge in [-0.1, -0.05) is 34.6 Å². The van der Waals surface area contributed by atoms with E-state index in [0.717, 1.165) is 6.42 Å². The smallest absolute Gasteiger partial charge is 0.315 e. The van der Waals surface area contributed by atoms with Crippen molar-refractivity contribution in [3.05, 3.63) is 0 Å². The van der Waals surface area contributed by atoms with Crippen LogP contribution in [0.3, 0.4) is 0 Å². The van der Waals surface area contributed by atoms with Gasteiger partial charge in [0.2, 0.25) is 0 Å². The van der Waals surface area contributed by atoms with Crippen molar-refractivity contribution in [2.24, 2.45) is 10.8 Å². The molecule has 1 rings (SSSR count). The van der Waals surface area contributed by atoms with Crippen molar-refractivity contribution in [1.29, 1.82) is 0 Å². The van der Waals surface area contributed by atoms with Crippen LogP contribution in [-0.4, -0.2) is 29.2 Å². The lowest BCUT2D eigenvalue weighted by Crippen LogP contribution is -2.49. The Morgan fingerprint density at radius 2 is 1.89 bits per heavy atom. The Hall–Kier alpha value is -1.26. The number of carboxylic acid groups (broad SMARTS) is 1. The van der Waals surface area contributed by atoms with Crippen LogP contribution < -0.4 is 10.6 Å². The minimum Gasteiger partial charge on any atom is -0.481 e. The van der Waals surface area contributed by atoms with Crippen LogP contribution >= 0.6 is 0 Å². The molecular weight excluding hydrogens is 232 g/mol. The standard InChI is InChI=1S/C13H24N2O3/c1-12(2,3)8(6-10(16)17)14-11(18)15-9-7-13(9,4)5/h8-9H,6-7H2,1-5H3,(H,16,17)(H2,14,15,18). The van der Waals surface area contributed by atoms with Crippen molar-refractivity contribution >= 4 is 12.0 Å². The predicted octanol–water partition coefficient (Wildman–Crippen LogP) is 1.97. The second kappa shape index (κ2) is 4.78. The summed E-state index contributed by atoms with van der Waals surface area (Å²) < 4.78 is 0. The first-order valence-corrected chi connectivity index (χ1v) is 6.31. The third kappa shape index (κ3) is 4.20. The zero-order chi connectivity index (χ0) is 14.1. The summed E-state index contributed by atoms with van der Waals surface area (Å²) >= 11 is 0. The molecule has 3 N–H and O–H groups in total. The van der Waals surface area contributed by atoms with Crippen LogP contribution in [-0.2, 0) is 4.79 Å². The summed E-state index contributed by atoms with van der Waals surface area (Å²) in [5.74, 6) is -0.901. The normalized spacial score (nSPS) is 23.1. The van der Waals surface area contributed by atoms with Crippen LogP contribution in [0.25, 0.3) is 0 Å². The first kappa shape index (κ1) is 14.8. The van der Waals surface area contributed by atoms with Gasteiger partial charge >= 0.3 is 12.0 Å². The predicted molar refractivity (Wildman–Crippen MR) is 69.3 cm³/mol. The minimum absolute atomic E-state index is 0.0645. The van der Waals surface area contributed by atoms with E-state index in [1.165, 1.54) is 0 Å². The Balaban J connectivity index is 2.50. The van der Waals surface area contributed by atoms with E-state index >= 15 is 0 Å². The zero-order valence-electron chi connectivity index (χ0n) is 11.8. The number of carbonyl (C=O) groups excluding carboxylic acids is 1. The van der Waals surface area contributed by atoms with Gasteiger partial charge in [-0.2, -0.15) is 0 Å². The SMILES string of the molecule is CC(C)(C)C(CC(=O)O)NC(=O)NC1CC1(C)C. The second-order valence-corrected chi connectivity index (χ2v) is 6.88. The van der Waals surface area contributed by atoms with Gasteiger partial charge in [-0.25, -0.2) is 4.79 Å². The first-order chi connectivity index (χ1) is 8.02. The monoisotopic (exact) mass is 256 g/mol. The van der Waals surface area contributed by atoms with E-state index < -0.39 is 5.97 Å². The van der Waals surface area contributed by atoms with Gasteiger partial charge in [-0.05, 0) is 17.3 Å². The van der Waals surface area contributed by atoms with E-state index in [1.54, 1.807) is 0 Å². The van der Waals surface area contributed by atoms with Crippen molar-refractivity contribution in [1.82, 2.24) is 10.6 Å². The van der Waals surface area contributed by atoms with Gasteiger partial charge in [0.25, 0.3) is 0 Å². The number of nitrogens with one attached hydrogen (secondary N) is 2. The Morgan fingerprint density at radius 3 is 2.22 bits per heavy atom. The fourth-order valence-electron chi connectivity index (χ4n) is 1.82. The molecule has 0 aromatic carbocycles. The van der Waals surface area contributed by atoms with Crippen LogP contribution in [0, 0.1) is 10.8 Å². The highest BCUT2D eigenvalue weighted by Gasteiger charge is 2.46. The van der Waals surface area contributed by atoms with Crippen LogP contribution in [0.5, 0.6) is 0 Å². The van der Waals surface area contributed by atoms with Crippen LogP contribution in [0.4, 0.5) is 4.79 Å². The molecule has 5 nitrogen and oxygen atoms in total. The summed E-state index contributed by atoms with van der Waals surface area (Å²) in [6, 6.07) is -0.452. The highest BCUT2D eigenvalue weighted by molar-refractivity contribution is 5.76. The average Bonchev–Trinajstić information content (AvgIpc) is 2.69. The molecule has 1 fully saturated rings. The Bertz CT molecular complexity index is 345. The van der Waals surface area contributed by atoms with Crippen molar-refractivity contribution < 1.29 is 14.7 Å². The Labute approximate surface area is 108 Å². The molecule has 2 unspecified atom stereocenters. The summed E-state index contributed by atoms with van der Waals surface area (Å²) in [4.78, 5) is 22.6. The fraction of sp³-hybridized carbons (Fsp3) is 0.846. The van der Waals surface area contributed by atoms with Crippen molar-refractivity contribution in [3.63, 3.8) is 0 Å². The zero-order valence-corrected chi connectivity index (χ0v) is 11.8. The lowest BCUT2D eigenvalue weighted by Gasteiger charge is -2.30. The lowest BCUT2D eigenvalue weighted by atomic mass is 9.85. The molecule has 2 amide bonds. The number of rotatable bonds is 4. The summed E-state index contributed by atoms with van der Waals surface area (Å²) in [6.07, 6.45) is 0.907. The van der Waals surface area contributed by atoms with Crippen molar-refractivity contribution in [3.8, 4) is 0 Å². The van der Waals surface area contributed by atoms with E-state index in [4.69, 9.17) is 5.11 Å². The highest BCUT2D eigenvalue weighted by Crippen LogP contribution is 2.44. The third-order valence-corrected chi connectivity index (χ3v) is 3.55. The highest BCUT2D eigenvalue weighted by atomic mass is 16.4. The third-order valence-electron chi connectivity index (χ3n) is 3.55.